The van der Waals surface area contributed by atoms with Crippen LogP contribution >= 0.6 is 11.3 Å². The van der Waals surface area contributed by atoms with Gasteiger partial charge in [-0.05, 0) is 75.5 Å². The molecule has 1 N–H and O–H groups in total. The van der Waals surface area contributed by atoms with Gasteiger partial charge in [0.25, 0.3) is 0 Å². The van der Waals surface area contributed by atoms with Gasteiger partial charge in [-0.3, -0.25) is 9.69 Å². The van der Waals surface area contributed by atoms with Crippen molar-refractivity contribution < 1.29 is 4.79 Å². The van der Waals surface area contributed by atoms with E-state index in [1.165, 1.54) is 75.8 Å². The van der Waals surface area contributed by atoms with Crippen molar-refractivity contribution in [2.75, 3.05) is 13.1 Å². The normalized spacial score (nSPS) is 25.3. The Bertz CT molecular complexity index is 589. The Morgan fingerprint density at radius 2 is 1.92 bits per heavy atom. The molecule has 0 radical (unpaired) electrons. The summed E-state index contributed by atoms with van der Waals surface area (Å²) in [6, 6.07) is 5.28. The molecule has 26 heavy (non-hydrogen) atoms. The highest BCUT2D eigenvalue weighted by Gasteiger charge is 2.25. The molecule has 0 bridgehead atoms. The Balaban J connectivity index is 1.22. The Kier molecular flexibility index (Phi) is 6.31. The number of hydrogen-bond acceptors (Lipinski definition) is 3. The molecule has 2 saturated carbocycles. The Hall–Kier alpha value is -0.870. The summed E-state index contributed by atoms with van der Waals surface area (Å²) in [5.41, 5.74) is 0. The van der Waals surface area contributed by atoms with Gasteiger partial charge in [0.2, 0.25) is 5.91 Å². The summed E-state index contributed by atoms with van der Waals surface area (Å²) < 4.78 is 0. The van der Waals surface area contributed by atoms with Crippen molar-refractivity contribution in [3.8, 4) is 0 Å². The summed E-state index contributed by atoms with van der Waals surface area (Å²) in [5.74, 6) is 1.81. The summed E-state index contributed by atoms with van der Waals surface area (Å²) in [6.45, 7) is 3.51. The molecule has 4 heteroatoms. The van der Waals surface area contributed by atoms with Crippen LogP contribution in [0, 0.1) is 5.92 Å². The largest absolute Gasteiger partial charge is 0.353 e. The van der Waals surface area contributed by atoms with Crippen LogP contribution < -0.4 is 5.32 Å². The lowest BCUT2D eigenvalue weighted by Crippen LogP contribution is -2.35. The number of rotatable bonds is 7. The third kappa shape index (κ3) is 5.32. The standard InChI is InChI=1S/C22H34N2OS/c25-22(23-19-9-10-19)13-8-17-5-4-14-24(15-17)16-20-11-12-21(26-20)18-6-2-1-3-7-18/h11-12,17-19H,1-10,13-16H2,(H,23,25)/t17-/m1/s1. The molecular formula is C22H34N2OS. The Morgan fingerprint density at radius 3 is 2.73 bits per heavy atom. The molecule has 2 aliphatic carbocycles. The number of nitrogens with one attached hydrogen (secondary N) is 1. The van der Waals surface area contributed by atoms with Crippen LogP contribution in [0.2, 0.25) is 0 Å². The van der Waals surface area contributed by atoms with E-state index in [0.29, 0.717) is 12.0 Å². The number of thiophene rings is 1. The molecule has 2 heterocycles. The van der Waals surface area contributed by atoms with E-state index in [4.69, 9.17) is 0 Å². The first-order valence-corrected chi connectivity index (χ1v) is 11.7. The molecule has 3 nitrogen and oxygen atoms in total. The molecule has 1 amide bonds. The third-order valence-electron chi connectivity index (χ3n) is 6.39. The Labute approximate surface area is 162 Å². The zero-order chi connectivity index (χ0) is 17.8. The van der Waals surface area contributed by atoms with Gasteiger partial charge in [0.15, 0.2) is 0 Å². The molecule has 1 saturated heterocycles. The van der Waals surface area contributed by atoms with Crippen molar-refractivity contribution in [3.05, 3.63) is 21.9 Å². The average molecular weight is 375 g/mol. The maximum absolute atomic E-state index is 11.9. The van der Waals surface area contributed by atoms with E-state index >= 15 is 0 Å². The average Bonchev–Trinajstić information content (AvgIpc) is 3.36. The predicted octanol–water partition coefficient (Wildman–Crippen LogP) is 5.07. The zero-order valence-corrected chi connectivity index (χ0v) is 16.9. The van der Waals surface area contributed by atoms with Crippen molar-refractivity contribution in [2.45, 2.75) is 89.1 Å². The maximum atomic E-state index is 11.9. The van der Waals surface area contributed by atoms with Crippen molar-refractivity contribution in [1.29, 1.82) is 0 Å². The van der Waals surface area contributed by atoms with E-state index in [-0.39, 0.29) is 5.91 Å². The van der Waals surface area contributed by atoms with Gasteiger partial charge in [-0.25, -0.2) is 0 Å². The first-order valence-electron chi connectivity index (χ1n) is 10.9. The third-order valence-corrected chi connectivity index (χ3v) is 7.63. The van der Waals surface area contributed by atoms with E-state index < -0.39 is 0 Å². The minimum atomic E-state index is 0.278. The van der Waals surface area contributed by atoms with Crippen LogP contribution in [0.5, 0.6) is 0 Å². The molecule has 1 aromatic rings. The number of hydrogen-bond donors (Lipinski definition) is 1. The van der Waals surface area contributed by atoms with Gasteiger partial charge in [0.1, 0.15) is 0 Å². The lowest BCUT2D eigenvalue weighted by Gasteiger charge is -2.32. The summed E-state index contributed by atoms with van der Waals surface area (Å²) in [5, 5.41) is 3.13. The molecule has 1 aliphatic heterocycles. The number of piperidine rings is 1. The second kappa shape index (κ2) is 8.88. The van der Waals surface area contributed by atoms with Crippen molar-refractivity contribution in [3.63, 3.8) is 0 Å². The second-order valence-electron chi connectivity index (χ2n) is 8.76. The molecule has 0 unspecified atom stereocenters. The number of amides is 1. The fourth-order valence-electron chi connectivity index (χ4n) is 4.70. The van der Waals surface area contributed by atoms with Crippen LogP contribution in [-0.4, -0.2) is 29.9 Å². The van der Waals surface area contributed by atoms with E-state index in [0.717, 1.165) is 25.3 Å². The number of nitrogens with zero attached hydrogens (tertiary/aromatic N) is 1. The number of carbonyl (C=O) groups excluding carboxylic acids is 1. The first kappa shape index (κ1) is 18.5. The van der Waals surface area contributed by atoms with Crippen LogP contribution in [-0.2, 0) is 11.3 Å². The monoisotopic (exact) mass is 374 g/mol. The highest BCUT2D eigenvalue weighted by molar-refractivity contribution is 7.12. The van der Waals surface area contributed by atoms with E-state index in [1.807, 2.05) is 0 Å². The minimum absolute atomic E-state index is 0.278. The summed E-state index contributed by atoms with van der Waals surface area (Å²) >= 11 is 2.06. The highest BCUT2D eigenvalue weighted by Crippen LogP contribution is 2.36. The summed E-state index contributed by atoms with van der Waals surface area (Å²) in [7, 11) is 0. The molecule has 1 atom stereocenters. The van der Waals surface area contributed by atoms with Crippen molar-refractivity contribution >= 4 is 17.2 Å². The van der Waals surface area contributed by atoms with Crippen LogP contribution in [0.25, 0.3) is 0 Å². The molecule has 3 aliphatic rings. The van der Waals surface area contributed by atoms with Crippen LogP contribution in [0.3, 0.4) is 0 Å². The quantitative estimate of drug-likeness (QED) is 0.723. The highest BCUT2D eigenvalue weighted by atomic mass is 32.1. The Morgan fingerprint density at radius 1 is 1.08 bits per heavy atom. The maximum Gasteiger partial charge on any atom is 0.220 e. The van der Waals surface area contributed by atoms with Crippen LogP contribution in [0.15, 0.2) is 12.1 Å². The molecule has 1 aromatic heterocycles. The molecule has 144 valence electrons. The summed E-state index contributed by atoms with van der Waals surface area (Å²) in [4.78, 5) is 17.7. The lowest BCUT2D eigenvalue weighted by atomic mass is 9.88. The molecule has 4 rings (SSSR count). The van der Waals surface area contributed by atoms with Gasteiger partial charge in [-0.15, -0.1) is 11.3 Å². The number of likely N-dealkylation sites (tertiary alicyclic amines) is 1. The van der Waals surface area contributed by atoms with E-state index in [2.05, 4.69) is 33.7 Å². The fourth-order valence-corrected chi connectivity index (χ4v) is 5.92. The predicted molar refractivity (Wildman–Crippen MR) is 109 cm³/mol. The zero-order valence-electron chi connectivity index (χ0n) is 16.0. The van der Waals surface area contributed by atoms with E-state index in [1.54, 1.807) is 4.88 Å². The summed E-state index contributed by atoms with van der Waals surface area (Å²) in [6.07, 6.45) is 13.8. The molecule has 0 aromatic carbocycles. The first-order chi connectivity index (χ1) is 12.8. The van der Waals surface area contributed by atoms with Gasteiger partial charge in [0, 0.05) is 35.3 Å². The fraction of sp³-hybridized carbons (Fsp3) is 0.773. The van der Waals surface area contributed by atoms with Gasteiger partial charge >= 0.3 is 0 Å². The van der Waals surface area contributed by atoms with Crippen molar-refractivity contribution in [1.82, 2.24) is 10.2 Å². The second-order valence-corrected chi connectivity index (χ2v) is 9.96. The minimum Gasteiger partial charge on any atom is -0.353 e. The smallest absolute Gasteiger partial charge is 0.220 e. The van der Waals surface area contributed by atoms with Gasteiger partial charge in [-0.1, -0.05) is 19.3 Å². The lowest BCUT2D eigenvalue weighted by molar-refractivity contribution is -0.121. The number of carbonyl (C=O) groups is 1. The van der Waals surface area contributed by atoms with Gasteiger partial charge in [-0.2, -0.15) is 0 Å². The van der Waals surface area contributed by atoms with Crippen LogP contribution in [0.4, 0.5) is 0 Å². The molecular weight excluding hydrogens is 340 g/mol. The SMILES string of the molecule is O=C(CC[C@H]1CCCN(Cc2ccc(C3CCCCC3)s2)C1)NC1CC1. The topological polar surface area (TPSA) is 32.3 Å². The van der Waals surface area contributed by atoms with Crippen molar-refractivity contribution in [2.24, 2.45) is 5.92 Å². The van der Waals surface area contributed by atoms with Crippen LogP contribution in [0.1, 0.15) is 86.3 Å². The molecule has 3 fully saturated rings. The van der Waals surface area contributed by atoms with Gasteiger partial charge in [0.05, 0.1) is 0 Å². The molecule has 0 spiro atoms. The van der Waals surface area contributed by atoms with E-state index in [9.17, 15) is 4.79 Å². The van der Waals surface area contributed by atoms with Gasteiger partial charge < -0.3 is 5.32 Å².